The van der Waals surface area contributed by atoms with Crippen LogP contribution in [-0.4, -0.2) is 63.0 Å². The van der Waals surface area contributed by atoms with Gasteiger partial charge in [-0.25, -0.2) is 0 Å². The molecule has 0 heterocycles. The number of hydrogen-bond acceptors (Lipinski definition) is 6. The summed E-state index contributed by atoms with van der Waals surface area (Å²) >= 11 is 0. The molecule has 0 unspecified atom stereocenters. The lowest BCUT2D eigenvalue weighted by atomic mass is 9.67. The van der Waals surface area contributed by atoms with Gasteiger partial charge in [-0.1, -0.05) is 182 Å². The minimum absolute atomic E-state index is 0.125. The third kappa shape index (κ3) is 12.7. The van der Waals surface area contributed by atoms with Crippen LogP contribution in [0.25, 0.3) is 0 Å². The standard InChI is InChI=1S/C58H58N4O6/c63-53(41-57(45-21-7-1-8-22-45,46-23-9-2-10-24-46)47-25-11-3-12-26-47)61-43-55(65)59-37-19-39-67-51-33-35-52(36-34-51)68-40-20-38-60-56(66)44-62-54(64)42-58(48-27-13-4-14-28-48,49-29-15-5-16-30-49)50-31-17-6-18-32-50/h1-18,21-36H,19-20,37-44H2,(H,59,65)(H,60,66)(H,61,63)(H,62,64). The zero-order chi connectivity index (χ0) is 47.3. The molecule has 0 saturated heterocycles. The van der Waals surface area contributed by atoms with E-state index < -0.39 is 10.8 Å². The first-order chi connectivity index (χ1) is 33.4. The molecular formula is C58H58N4O6. The van der Waals surface area contributed by atoms with Gasteiger partial charge in [-0.15, -0.1) is 0 Å². The molecule has 4 N–H and O–H groups in total. The number of ether oxygens (including phenoxy) is 2. The van der Waals surface area contributed by atoms with Crippen LogP contribution in [0.3, 0.4) is 0 Å². The SMILES string of the molecule is O=C(CNC(=O)CC(c1ccccc1)(c1ccccc1)c1ccccc1)NCCCOc1ccc(OCCCNC(=O)CNC(=O)CC(c2ccccc2)(c2ccccc2)c2ccccc2)cc1. The summed E-state index contributed by atoms with van der Waals surface area (Å²) in [5.41, 5.74) is 4.44. The number of nitrogens with one attached hydrogen (secondary N) is 4. The van der Waals surface area contributed by atoms with Crippen LogP contribution in [0.1, 0.15) is 59.1 Å². The second-order valence-electron chi connectivity index (χ2n) is 16.5. The van der Waals surface area contributed by atoms with Crippen molar-refractivity contribution in [3.8, 4) is 11.5 Å². The van der Waals surface area contributed by atoms with Gasteiger partial charge in [0.15, 0.2) is 0 Å². The van der Waals surface area contributed by atoms with Crippen LogP contribution in [0, 0.1) is 0 Å². The van der Waals surface area contributed by atoms with Crippen LogP contribution in [0.4, 0.5) is 0 Å². The predicted molar refractivity (Wildman–Crippen MR) is 266 cm³/mol. The number of hydrogen-bond donors (Lipinski definition) is 4. The van der Waals surface area contributed by atoms with Crippen molar-refractivity contribution in [2.24, 2.45) is 0 Å². The van der Waals surface area contributed by atoms with Crippen molar-refractivity contribution < 1.29 is 28.7 Å². The molecule has 7 aromatic carbocycles. The van der Waals surface area contributed by atoms with E-state index in [1.165, 1.54) is 0 Å². The molecule has 0 fully saturated rings. The molecule has 346 valence electrons. The summed E-state index contributed by atoms with van der Waals surface area (Å²) in [7, 11) is 0. The van der Waals surface area contributed by atoms with Gasteiger partial charge in [-0.2, -0.15) is 0 Å². The van der Waals surface area contributed by atoms with Crippen LogP contribution in [0.2, 0.25) is 0 Å². The molecule has 0 bridgehead atoms. The summed E-state index contributed by atoms with van der Waals surface area (Å²) in [6.45, 7) is 1.27. The fourth-order valence-corrected chi connectivity index (χ4v) is 8.65. The Hall–Kier alpha value is -7.98. The van der Waals surface area contributed by atoms with Crippen molar-refractivity contribution in [2.75, 3.05) is 39.4 Å². The summed E-state index contributed by atoms with van der Waals surface area (Å²) in [6, 6.07) is 67.3. The van der Waals surface area contributed by atoms with E-state index in [1.807, 2.05) is 206 Å². The Labute approximate surface area is 399 Å². The maximum Gasteiger partial charge on any atom is 0.239 e. The normalized spacial score (nSPS) is 11.2. The molecule has 68 heavy (non-hydrogen) atoms. The van der Waals surface area contributed by atoms with E-state index in [0.717, 1.165) is 33.4 Å². The summed E-state index contributed by atoms with van der Waals surface area (Å²) in [5, 5.41) is 11.4. The first-order valence-corrected chi connectivity index (χ1v) is 23.1. The summed E-state index contributed by atoms with van der Waals surface area (Å²) in [5.74, 6) is 0.304. The fourth-order valence-electron chi connectivity index (χ4n) is 8.65. The van der Waals surface area contributed by atoms with Crippen molar-refractivity contribution in [2.45, 2.75) is 36.5 Å². The van der Waals surface area contributed by atoms with Crippen molar-refractivity contribution >= 4 is 23.6 Å². The highest BCUT2D eigenvalue weighted by Gasteiger charge is 2.39. The molecule has 0 spiro atoms. The second-order valence-corrected chi connectivity index (χ2v) is 16.5. The molecular weight excluding hydrogens is 849 g/mol. The molecule has 10 heteroatoms. The monoisotopic (exact) mass is 906 g/mol. The van der Waals surface area contributed by atoms with E-state index in [9.17, 15) is 19.2 Å². The molecule has 10 nitrogen and oxygen atoms in total. The van der Waals surface area contributed by atoms with Gasteiger partial charge in [0.25, 0.3) is 0 Å². The molecule has 0 radical (unpaired) electrons. The zero-order valence-corrected chi connectivity index (χ0v) is 38.2. The van der Waals surface area contributed by atoms with Crippen LogP contribution < -0.4 is 30.7 Å². The molecule has 0 saturated carbocycles. The third-order valence-corrected chi connectivity index (χ3v) is 12.0. The summed E-state index contributed by atoms with van der Waals surface area (Å²) < 4.78 is 11.7. The van der Waals surface area contributed by atoms with Gasteiger partial charge in [-0.05, 0) is 70.5 Å². The number of rotatable bonds is 24. The van der Waals surface area contributed by atoms with Gasteiger partial charge >= 0.3 is 0 Å². The average Bonchev–Trinajstić information content (AvgIpc) is 3.40. The topological polar surface area (TPSA) is 135 Å². The van der Waals surface area contributed by atoms with Crippen molar-refractivity contribution in [1.82, 2.24) is 21.3 Å². The number of benzene rings is 7. The van der Waals surface area contributed by atoms with Gasteiger partial charge in [0, 0.05) is 25.9 Å². The average molecular weight is 907 g/mol. The van der Waals surface area contributed by atoms with Crippen molar-refractivity contribution in [3.63, 3.8) is 0 Å². The molecule has 0 atom stereocenters. The molecule has 0 aliphatic rings. The minimum atomic E-state index is -0.749. The first-order valence-electron chi connectivity index (χ1n) is 23.1. The highest BCUT2D eigenvalue weighted by molar-refractivity contribution is 5.87. The lowest BCUT2D eigenvalue weighted by Gasteiger charge is -2.35. The molecule has 7 aromatic rings. The minimum Gasteiger partial charge on any atom is -0.494 e. The van der Waals surface area contributed by atoms with Gasteiger partial charge in [-0.3, -0.25) is 19.2 Å². The van der Waals surface area contributed by atoms with Crippen LogP contribution in [0.5, 0.6) is 11.5 Å². The molecule has 0 aliphatic carbocycles. The Morgan fingerprint density at radius 2 is 0.574 bits per heavy atom. The maximum atomic E-state index is 13.6. The number of carbonyl (C=O) groups excluding carboxylic acids is 4. The fraction of sp³-hybridized carbons (Fsp3) is 0.207. The molecule has 0 aromatic heterocycles. The Morgan fingerprint density at radius 3 is 0.824 bits per heavy atom. The summed E-state index contributed by atoms with van der Waals surface area (Å²) in [4.78, 5) is 52.7. The third-order valence-electron chi connectivity index (χ3n) is 12.0. The van der Waals surface area contributed by atoms with Crippen molar-refractivity contribution in [1.29, 1.82) is 0 Å². The Bertz CT molecular complexity index is 2260. The van der Waals surface area contributed by atoms with Crippen LogP contribution in [-0.2, 0) is 30.0 Å². The highest BCUT2D eigenvalue weighted by Crippen LogP contribution is 2.43. The van der Waals surface area contributed by atoms with Gasteiger partial charge < -0.3 is 30.7 Å². The number of amides is 4. The lowest BCUT2D eigenvalue weighted by molar-refractivity contribution is -0.126. The largest absolute Gasteiger partial charge is 0.494 e. The van der Waals surface area contributed by atoms with E-state index in [0.29, 0.717) is 50.6 Å². The molecule has 4 amide bonds. The number of carbonyl (C=O) groups is 4. The lowest BCUT2D eigenvalue weighted by Crippen LogP contribution is -2.41. The van der Waals surface area contributed by atoms with Gasteiger partial charge in [0.2, 0.25) is 23.6 Å². The Morgan fingerprint density at radius 1 is 0.324 bits per heavy atom. The Kier molecular flexibility index (Phi) is 17.3. The van der Waals surface area contributed by atoms with E-state index in [2.05, 4.69) is 21.3 Å². The van der Waals surface area contributed by atoms with Gasteiger partial charge in [0.1, 0.15) is 11.5 Å². The second kappa shape index (κ2) is 24.5. The molecule has 0 aliphatic heterocycles. The first kappa shape index (κ1) is 48.0. The van der Waals surface area contributed by atoms with Gasteiger partial charge in [0.05, 0.1) is 37.1 Å². The van der Waals surface area contributed by atoms with Crippen molar-refractivity contribution in [3.05, 3.63) is 240 Å². The van der Waals surface area contributed by atoms with E-state index >= 15 is 0 Å². The maximum absolute atomic E-state index is 13.6. The van der Waals surface area contributed by atoms with Crippen LogP contribution >= 0.6 is 0 Å². The van der Waals surface area contributed by atoms with E-state index in [-0.39, 0.29) is 49.6 Å². The quantitative estimate of drug-likeness (QED) is 0.0355. The summed E-state index contributed by atoms with van der Waals surface area (Å²) in [6.07, 6.45) is 1.39. The van der Waals surface area contributed by atoms with E-state index in [4.69, 9.17) is 9.47 Å². The van der Waals surface area contributed by atoms with E-state index in [1.54, 1.807) is 0 Å². The highest BCUT2D eigenvalue weighted by atomic mass is 16.5. The predicted octanol–water partition coefficient (Wildman–Crippen LogP) is 8.54. The van der Waals surface area contributed by atoms with Crippen LogP contribution in [0.15, 0.2) is 206 Å². The smallest absolute Gasteiger partial charge is 0.239 e. The Balaban J connectivity index is 0.781. The molecule has 7 rings (SSSR count). The zero-order valence-electron chi connectivity index (χ0n) is 38.2.